The molecule has 0 heterocycles. The Labute approximate surface area is 255 Å². The Hall–Kier alpha value is -1.87. The van der Waals surface area contributed by atoms with E-state index in [1.165, 1.54) is 62.5 Å². The minimum Gasteiger partial charge on any atom is -0.314 e. The first-order valence-corrected chi connectivity index (χ1v) is 16.9. The van der Waals surface area contributed by atoms with Gasteiger partial charge in [-0.25, -0.2) is 0 Å². The second-order valence-electron chi connectivity index (χ2n) is 12.0. The molecule has 0 aliphatic rings. The van der Waals surface area contributed by atoms with E-state index in [2.05, 4.69) is 100 Å². The van der Waals surface area contributed by atoms with E-state index in [9.17, 15) is 4.79 Å². The lowest BCUT2D eigenvalue weighted by atomic mass is 9.84. The molecule has 0 saturated carbocycles. The number of Topliss-reactive ketones (excluding diaryl/α,β-unsaturated/α-hetero) is 1. The summed E-state index contributed by atoms with van der Waals surface area (Å²) >= 11 is 3.73. The molecule has 222 valence electrons. The highest BCUT2D eigenvalue weighted by Gasteiger charge is 2.27. The molecule has 0 fully saturated rings. The summed E-state index contributed by atoms with van der Waals surface area (Å²) in [5, 5.41) is 0. The number of aryl methyl sites for hydroxylation is 1. The van der Waals surface area contributed by atoms with E-state index in [-0.39, 0.29) is 17.6 Å². The second-order valence-corrected chi connectivity index (χ2v) is 12.8. The summed E-state index contributed by atoms with van der Waals surface area (Å²) in [5.74, 6) is 1.85. The van der Waals surface area contributed by atoms with Crippen LogP contribution in [-0.2, 0) is 0 Å². The summed E-state index contributed by atoms with van der Waals surface area (Å²) in [6.45, 7) is 22.3. The van der Waals surface area contributed by atoms with Crippen LogP contribution >= 0.6 is 15.9 Å². The first-order chi connectivity index (χ1) is 19.1. The van der Waals surface area contributed by atoms with E-state index in [0.29, 0.717) is 5.92 Å². The number of hydrogen-bond donors (Lipinski definition) is 0. The summed E-state index contributed by atoms with van der Waals surface area (Å²) in [7, 11) is 0. The number of carbonyl (C=O) groups is 1. The van der Waals surface area contributed by atoms with Crippen LogP contribution in [0.15, 0.2) is 53.1 Å². The molecule has 40 heavy (non-hydrogen) atoms. The number of anilines is 2. The first-order valence-electron chi connectivity index (χ1n) is 16.1. The minimum atomic E-state index is -0.0429. The van der Waals surface area contributed by atoms with Crippen molar-refractivity contribution < 1.29 is 4.79 Å². The van der Waals surface area contributed by atoms with Gasteiger partial charge in [-0.2, -0.15) is 0 Å². The van der Waals surface area contributed by atoms with Crippen LogP contribution in [0.5, 0.6) is 0 Å². The lowest BCUT2D eigenvalue weighted by Crippen LogP contribution is -2.25. The van der Waals surface area contributed by atoms with Crippen LogP contribution in [-0.4, -0.2) is 5.78 Å². The number of unbranched alkanes of at least 4 members (excludes halogenated alkanes) is 1. The quantitative estimate of drug-likeness (QED) is 0.157. The normalized spacial score (nSPS) is 14.4. The third kappa shape index (κ3) is 8.81. The first kappa shape index (κ1) is 34.3. The molecule has 4 unspecified atom stereocenters. The van der Waals surface area contributed by atoms with E-state index >= 15 is 0 Å². The van der Waals surface area contributed by atoms with Crippen LogP contribution in [0.3, 0.4) is 0 Å². The molecule has 0 N–H and O–H groups in total. The molecular weight excluding hydrogens is 554 g/mol. The van der Waals surface area contributed by atoms with Gasteiger partial charge in [0.25, 0.3) is 0 Å². The second kappa shape index (κ2) is 17.2. The number of nitrogens with zero attached hydrogens (tertiary/aromatic N) is 1. The van der Waals surface area contributed by atoms with E-state index in [4.69, 9.17) is 0 Å². The SMILES string of the molecule is C=C(C(C)CC)N(c1ccc(C(CCC)CCC(CC)CCCC)cc1C)c1cccc(Br)c1C(=O)C(C)CC. The molecule has 0 spiro atoms. The van der Waals surface area contributed by atoms with Gasteiger partial charge in [0, 0.05) is 21.8 Å². The van der Waals surface area contributed by atoms with Crippen molar-refractivity contribution in [2.75, 3.05) is 4.90 Å². The van der Waals surface area contributed by atoms with Crippen LogP contribution in [0.25, 0.3) is 0 Å². The number of rotatable bonds is 18. The van der Waals surface area contributed by atoms with Gasteiger partial charge in [0.05, 0.1) is 11.3 Å². The topological polar surface area (TPSA) is 20.3 Å². The molecule has 0 radical (unpaired) electrons. The van der Waals surface area contributed by atoms with Gasteiger partial charge < -0.3 is 4.90 Å². The summed E-state index contributed by atoms with van der Waals surface area (Å²) in [6.07, 6.45) is 12.1. The number of ketones is 1. The molecule has 2 aromatic rings. The number of benzene rings is 2. The fourth-order valence-electron chi connectivity index (χ4n) is 5.76. The van der Waals surface area contributed by atoms with Crippen molar-refractivity contribution in [2.24, 2.45) is 17.8 Å². The Bertz CT molecular complexity index is 1090. The lowest BCUT2D eigenvalue weighted by molar-refractivity contribution is 0.0927. The Morgan fingerprint density at radius 1 is 0.850 bits per heavy atom. The minimum absolute atomic E-state index is 0.0429. The molecule has 0 aromatic heterocycles. The van der Waals surface area contributed by atoms with Gasteiger partial charge in [0.1, 0.15) is 0 Å². The van der Waals surface area contributed by atoms with E-state index in [1.54, 1.807) is 0 Å². The van der Waals surface area contributed by atoms with Crippen molar-refractivity contribution >= 4 is 33.1 Å². The standard InChI is InChI=1S/C37H56BrNO/c1-10-15-18-30(14-5)21-22-31(17-11-2)32-23-24-34(28(8)25-32)39(29(9)26(6)12-3)35-20-16-19-33(38)36(35)37(40)27(7)13-4/h16,19-20,23-27,30-31H,9-15,17-18,21-22H2,1-8H3. The predicted octanol–water partition coefficient (Wildman–Crippen LogP) is 12.6. The van der Waals surface area contributed by atoms with Gasteiger partial charge in [-0.1, -0.05) is 105 Å². The number of allylic oxidation sites excluding steroid dienone is 1. The lowest BCUT2D eigenvalue weighted by Gasteiger charge is -2.34. The maximum atomic E-state index is 13.6. The van der Waals surface area contributed by atoms with Crippen molar-refractivity contribution in [3.8, 4) is 0 Å². The Kier molecular flexibility index (Phi) is 14.7. The highest BCUT2D eigenvalue weighted by molar-refractivity contribution is 9.10. The van der Waals surface area contributed by atoms with Crippen LogP contribution in [0.2, 0.25) is 0 Å². The third-order valence-electron chi connectivity index (χ3n) is 9.04. The van der Waals surface area contributed by atoms with Crippen molar-refractivity contribution in [2.45, 2.75) is 126 Å². The average Bonchev–Trinajstić information content (AvgIpc) is 2.96. The maximum absolute atomic E-state index is 13.6. The van der Waals surface area contributed by atoms with Gasteiger partial charge in [-0.05, 0) is 102 Å². The number of halogens is 1. The van der Waals surface area contributed by atoms with Crippen LogP contribution < -0.4 is 4.90 Å². The zero-order chi connectivity index (χ0) is 29.8. The smallest absolute Gasteiger partial charge is 0.168 e. The zero-order valence-electron chi connectivity index (χ0n) is 26.8. The molecule has 0 amide bonds. The van der Waals surface area contributed by atoms with Crippen molar-refractivity contribution in [1.29, 1.82) is 0 Å². The van der Waals surface area contributed by atoms with Gasteiger partial charge in [0.2, 0.25) is 0 Å². The van der Waals surface area contributed by atoms with Crippen LogP contribution in [0.4, 0.5) is 11.4 Å². The Morgan fingerprint density at radius 3 is 2.12 bits per heavy atom. The Balaban J connectivity index is 2.56. The molecule has 3 heteroatoms. The van der Waals surface area contributed by atoms with Crippen molar-refractivity contribution in [3.05, 3.63) is 69.8 Å². The number of hydrogen-bond acceptors (Lipinski definition) is 2. The van der Waals surface area contributed by atoms with E-state index < -0.39 is 0 Å². The highest BCUT2D eigenvalue weighted by atomic mass is 79.9. The predicted molar refractivity (Wildman–Crippen MR) is 180 cm³/mol. The summed E-state index contributed by atoms with van der Waals surface area (Å²) in [5.41, 5.74) is 6.52. The molecule has 0 aliphatic heterocycles. The maximum Gasteiger partial charge on any atom is 0.168 e. The summed E-state index contributed by atoms with van der Waals surface area (Å²) in [4.78, 5) is 15.9. The summed E-state index contributed by atoms with van der Waals surface area (Å²) < 4.78 is 0.850. The van der Waals surface area contributed by atoms with Crippen molar-refractivity contribution in [1.82, 2.24) is 0 Å². The Morgan fingerprint density at radius 2 is 1.55 bits per heavy atom. The molecule has 4 atom stereocenters. The number of carbonyl (C=O) groups excluding carboxylic acids is 1. The van der Waals surface area contributed by atoms with Crippen LogP contribution in [0.1, 0.15) is 140 Å². The molecule has 0 bridgehead atoms. The van der Waals surface area contributed by atoms with Crippen LogP contribution in [0, 0.1) is 24.7 Å². The molecule has 2 rings (SSSR count). The molecule has 2 nitrogen and oxygen atoms in total. The van der Waals surface area contributed by atoms with Gasteiger partial charge >= 0.3 is 0 Å². The molecule has 0 saturated heterocycles. The average molecular weight is 611 g/mol. The van der Waals surface area contributed by atoms with Gasteiger partial charge in [0.15, 0.2) is 5.78 Å². The third-order valence-corrected chi connectivity index (χ3v) is 9.71. The van der Waals surface area contributed by atoms with E-state index in [1.807, 2.05) is 19.1 Å². The molecule has 0 aliphatic carbocycles. The monoisotopic (exact) mass is 609 g/mol. The van der Waals surface area contributed by atoms with E-state index in [0.717, 1.165) is 45.9 Å². The summed E-state index contributed by atoms with van der Waals surface area (Å²) in [6, 6.07) is 13.1. The molecule has 2 aromatic carbocycles. The zero-order valence-corrected chi connectivity index (χ0v) is 28.4. The van der Waals surface area contributed by atoms with Gasteiger partial charge in [-0.15, -0.1) is 0 Å². The van der Waals surface area contributed by atoms with Crippen molar-refractivity contribution in [3.63, 3.8) is 0 Å². The fourth-order valence-corrected chi connectivity index (χ4v) is 6.31. The van der Waals surface area contributed by atoms with Gasteiger partial charge in [-0.3, -0.25) is 4.79 Å². The fraction of sp³-hybridized carbons (Fsp3) is 0.595. The highest BCUT2D eigenvalue weighted by Crippen LogP contribution is 2.42. The largest absolute Gasteiger partial charge is 0.314 e. The molecular formula is C37H56BrNO.